The van der Waals surface area contributed by atoms with Crippen molar-refractivity contribution < 1.29 is 23.9 Å². The number of hydrogen-bond acceptors (Lipinski definition) is 5. The Bertz CT molecular complexity index is 544. The Balaban J connectivity index is 1.67. The van der Waals surface area contributed by atoms with Gasteiger partial charge in [0.25, 0.3) is 0 Å². The third kappa shape index (κ3) is 3.05. The number of nitrogens with one attached hydrogen (secondary N) is 1. The molecule has 6 nitrogen and oxygen atoms in total. The molecule has 2 aliphatic rings. The zero-order valence-electron chi connectivity index (χ0n) is 11.9. The molecule has 2 aliphatic heterocycles. The molecule has 0 atom stereocenters. The minimum atomic E-state index is -0.923. The van der Waals surface area contributed by atoms with Crippen molar-refractivity contribution in [1.82, 2.24) is 0 Å². The van der Waals surface area contributed by atoms with E-state index in [0.29, 0.717) is 25.5 Å². The highest BCUT2D eigenvalue weighted by molar-refractivity contribution is 6.62. The molecule has 21 heavy (non-hydrogen) atoms. The van der Waals surface area contributed by atoms with Crippen molar-refractivity contribution >= 4 is 24.4 Å². The minimum Gasteiger partial charge on any atom is -0.446 e. The molecule has 0 aromatic heterocycles. The van der Waals surface area contributed by atoms with Crippen LogP contribution in [0.5, 0.6) is 0 Å². The molecule has 0 bridgehead atoms. The molecule has 2 heterocycles. The summed E-state index contributed by atoms with van der Waals surface area (Å²) in [7, 11) is -0.923. The summed E-state index contributed by atoms with van der Waals surface area (Å²) in [5, 5.41) is 12.5. The lowest BCUT2D eigenvalue weighted by Crippen LogP contribution is -2.32. The smallest absolute Gasteiger partial charge is 0.446 e. The number of benzene rings is 1. The molecule has 0 spiro atoms. The van der Waals surface area contributed by atoms with Crippen LogP contribution in [0, 0.1) is 6.92 Å². The highest BCUT2D eigenvalue weighted by atomic mass is 16.6. The van der Waals surface area contributed by atoms with Crippen LogP contribution in [-0.2, 0) is 20.7 Å². The summed E-state index contributed by atoms with van der Waals surface area (Å²) in [4.78, 5) is 11.9. The van der Waals surface area contributed by atoms with E-state index in [-0.39, 0.29) is 6.10 Å². The summed E-state index contributed by atoms with van der Waals surface area (Å²) < 4.78 is 15.8. The predicted molar refractivity (Wildman–Crippen MR) is 77.5 cm³/mol. The van der Waals surface area contributed by atoms with E-state index in [2.05, 4.69) is 5.32 Å². The molecule has 1 fully saturated rings. The second-order valence-corrected chi connectivity index (χ2v) is 5.32. The number of ether oxygens (including phenoxy) is 2. The number of carbonyl (C=O) groups excluding carboxylic acids is 1. The van der Waals surface area contributed by atoms with Gasteiger partial charge in [0.1, 0.15) is 6.10 Å². The maximum absolute atomic E-state index is 11.9. The summed E-state index contributed by atoms with van der Waals surface area (Å²) in [5.74, 6) is 0. The molecular weight excluding hydrogens is 273 g/mol. The van der Waals surface area contributed by atoms with Crippen molar-refractivity contribution in [1.29, 1.82) is 0 Å². The fraction of sp³-hybridized carbons (Fsp3) is 0.500. The first kappa shape index (κ1) is 14.4. The molecule has 7 heteroatoms. The van der Waals surface area contributed by atoms with E-state index < -0.39 is 13.2 Å². The Kier molecular flexibility index (Phi) is 4.14. The van der Waals surface area contributed by atoms with Crippen molar-refractivity contribution in [3.05, 3.63) is 23.3 Å². The highest BCUT2D eigenvalue weighted by Gasteiger charge is 2.30. The van der Waals surface area contributed by atoms with Gasteiger partial charge in [-0.05, 0) is 29.6 Å². The average Bonchev–Trinajstić information content (AvgIpc) is 2.85. The predicted octanol–water partition coefficient (Wildman–Crippen LogP) is 0.940. The molecule has 1 amide bonds. The lowest BCUT2D eigenvalue weighted by Gasteiger charge is -2.22. The van der Waals surface area contributed by atoms with Crippen LogP contribution >= 0.6 is 0 Å². The minimum absolute atomic E-state index is 0.0950. The third-order valence-electron chi connectivity index (χ3n) is 3.93. The van der Waals surface area contributed by atoms with Gasteiger partial charge in [0.05, 0.1) is 19.8 Å². The number of amides is 1. The zero-order chi connectivity index (χ0) is 14.8. The molecule has 0 unspecified atom stereocenters. The first-order valence-corrected chi connectivity index (χ1v) is 7.12. The van der Waals surface area contributed by atoms with Crippen molar-refractivity contribution in [3.63, 3.8) is 0 Å². The molecule has 0 saturated carbocycles. The molecule has 2 N–H and O–H groups in total. The monoisotopic (exact) mass is 291 g/mol. The SMILES string of the molecule is Cc1c(NC(=O)OC2CCOCC2)ccc2c1B(O)OC2. The first-order valence-electron chi connectivity index (χ1n) is 7.12. The summed E-state index contributed by atoms with van der Waals surface area (Å²) in [5.41, 5.74) is 3.12. The first-order chi connectivity index (χ1) is 10.1. The van der Waals surface area contributed by atoms with E-state index >= 15 is 0 Å². The summed E-state index contributed by atoms with van der Waals surface area (Å²) in [6.07, 6.45) is 0.882. The second kappa shape index (κ2) is 6.05. The van der Waals surface area contributed by atoms with Crippen LogP contribution in [-0.4, -0.2) is 37.6 Å². The van der Waals surface area contributed by atoms with E-state index in [9.17, 15) is 9.82 Å². The van der Waals surface area contributed by atoms with Crippen LogP contribution in [0.1, 0.15) is 24.0 Å². The normalized spacial score (nSPS) is 18.5. The van der Waals surface area contributed by atoms with Crippen molar-refractivity contribution in [2.75, 3.05) is 18.5 Å². The Morgan fingerprint density at radius 3 is 2.95 bits per heavy atom. The number of fused-ring (bicyclic) bond motifs is 1. The Hall–Kier alpha value is -1.57. The zero-order valence-corrected chi connectivity index (χ0v) is 11.9. The van der Waals surface area contributed by atoms with Crippen LogP contribution in [0.4, 0.5) is 10.5 Å². The van der Waals surface area contributed by atoms with Gasteiger partial charge in [0.15, 0.2) is 0 Å². The van der Waals surface area contributed by atoms with Gasteiger partial charge < -0.3 is 19.2 Å². The Labute approximate surface area is 123 Å². The van der Waals surface area contributed by atoms with Gasteiger partial charge in [-0.3, -0.25) is 5.32 Å². The van der Waals surface area contributed by atoms with Gasteiger partial charge in [-0.15, -0.1) is 0 Å². The van der Waals surface area contributed by atoms with E-state index in [1.54, 1.807) is 6.07 Å². The molecule has 0 radical (unpaired) electrons. The molecule has 3 rings (SSSR count). The van der Waals surface area contributed by atoms with E-state index in [4.69, 9.17) is 14.1 Å². The van der Waals surface area contributed by atoms with Crippen LogP contribution in [0.3, 0.4) is 0 Å². The number of rotatable bonds is 2. The van der Waals surface area contributed by atoms with Gasteiger partial charge in [0.2, 0.25) is 0 Å². The second-order valence-electron chi connectivity index (χ2n) is 5.32. The number of hydrogen-bond donors (Lipinski definition) is 2. The molecular formula is C14H18BNO5. The van der Waals surface area contributed by atoms with Crippen LogP contribution in [0.2, 0.25) is 0 Å². The molecule has 1 aromatic carbocycles. The molecule has 0 aliphatic carbocycles. The Morgan fingerprint density at radius 2 is 2.19 bits per heavy atom. The summed E-state index contributed by atoms with van der Waals surface area (Å²) in [6, 6.07) is 3.66. The van der Waals surface area contributed by atoms with E-state index in [1.165, 1.54) is 0 Å². The van der Waals surface area contributed by atoms with Crippen LogP contribution in [0.25, 0.3) is 0 Å². The van der Waals surface area contributed by atoms with Gasteiger partial charge in [-0.2, -0.15) is 0 Å². The van der Waals surface area contributed by atoms with Gasteiger partial charge in [0, 0.05) is 18.5 Å². The lowest BCUT2D eigenvalue weighted by atomic mass is 9.76. The van der Waals surface area contributed by atoms with Crippen molar-refractivity contribution in [2.45, 2.75) is 32.5 Å². The van der Waals surface area contributed by atoms with E-state index in [0.717, 1.165) is 29.4 Å². The summed E-state index contributed by atoms with van der Waals surface area (Å²) in [6.45, 7) is 3.49. The molecule has 112 valence electrons. The van der Waals surface area contributed by atoms with E-state index in [1.807, 2.05) is 13.0 Å². The van der Waals surface area contributed by atoms with Gasteiger partial charge in [-0.1, -0.05) is 6.07 Å². The molecule has 1 aromatic rings. The average molecular weight is 291 g/mol. The largest absolute Gasteiger partial charge is 0.492 e. The maximum Gasteiger partial charge on any atom is 0.492 e. The van der Waals surface area contributed by atoms with Gasteiger partial charge >= 0.3 is 13.2 Å². The number of anilines is 1. The highest BCUT2D eigenvalue weighted by Crippen LogP contribution is 2.20. The van der Waals surface area contributed by atoms with Crippen LogP contribution < -0.4 is 10.8 Å². The Morgan fingerprint density at radius 1 is 1.43 bits per heavy atom. The fourth-order valence-electron chi connectivity index (χ4n) is 2.73. The fourth-order valence-corrected chi connectivity index (χ4v) is 2.73. The maximum atomic E-state index is 11.9. The standard InChI is InChI=1S/C14H18BNO5/c1-9-12(3-2-10-8-20-15(18)13(9)10)16-14(17)21-11-4-6-19-7-5-11/h2-3,11,18H,4-8H2,1H3,(H,16,17). The van der Waals surface area contributed by atoms with Crippen LogP contribution in [0.15, 0.2) is 12.1 Å². The van der Waals surface area contributed by atoms with Crippen molar-refractivity contribution in [3.8, 4) is 0 Å². The molecule has 1 saturated heterocycles. The quantitative estimate of drug-likeness (QED) is 0.793. The topological polar surface area (TPSA) is 77.0 Å². The number of carbonyl (C=O) groups is 1. The van der Waals surface area contributed by atoms with Crippen molar-refractivity contribution in [2.24, 2.45) is 0 Å². The third-order valence-corrected chi connectivity index (χ3v) is 3.93. The summed E-state index contributed by atoms with van der Waals surface area (Å²) >= 11 is 0. The van der Waals surface area contributed by atoms with Gasteiger partial charge in [-0.25, -0.2) is 4.79 Å². The lowest BCUT2D eigenvalue weighted by molar-refractivity contribution is 0.00592.